The van der Waals surface area contributed by atoms with Gasteiger partial charge in [0.25, 0.3) is 0 Å². The summed E-state index contributed by atoms with van der Waals surface area (Å²) in [5, 5.41) is 3.50. The van der Waals surface area contributed by atoms with E-state index in [4.69, 9.17) is 4.74 Å². The summed E-state index contributed by atoms with van der Waals surface area (Å²) < 4.78 is 5.76. The van der Waals surface area contributed by atoms with Crippen molar-refractivity contribution in [1.29, 1.82) is 0 Å². The highest BCUT2D eigenvalue weighted by molar-refractivity contribution is 5.31. The predicted octanol–water partition coefficient (Wildman–Crippen LogP) is 2.91. The maximum atomic E-state index is 5.76. The molecule has 0 bridgehead atoms. The first kappa shape index (κ1) is 22.1. The first-order valence-corrected chi connectivity index (χ1v) is 10.7. The van der Waals surface area contributed by atoms with Crippen LogP contribution in [0.3, 0.4) is 0 Å². The average Bonchev–Trinajstić information content (AvgIpc) is 2.70. The fourth-order valence-corrected chi connectivity index (χ4v) is 3.12. The first-order valence-electron chi connectivity index (χ1n) is 10.7. The van der Waals surface area contributed by atoms with Crippen molar-refractivity contribution in [3.8, 4) is 0 Å². The molecular weight excluding hydrogens is 338 g/mol. The number of piperazine rings is 1. The minimum Gasteiger partial charge on any atom is -0.381 e. The average molecular weight is 378 g/mol. The zero-order valence-electron chi connectivity index (χ0n) is 17.8. The molecule has 2 rings (SSSR count). The van der Waals surface area contributed by atoms with Crippen LogP contribution in [-0.2, 0) is 4.74 Å². The minimum atomic E-state index is 0.481. The summed E-state index contributed by atoms with van der Waals surface area (Å²) in [5.41, 5.74) is 1.20. The Morgan fingerprint density at radius 2 is 1.70 bits per heavy atom. The molecule has 0 aliphatic carbocycles. The second kappa shape index (κ2) is 12.3. The number of nitrogens with zero attached hydrogens (tertiary/aromatic N) is 4. The van der Waals surface area contributed by atoms with Gasteiger partial charge in [0.2, 0.25) is 5.95 Å². The Labute approximate surface area is 165 Å². The third-order valence-electron chi connectivity index (χ3n) is 5.31. The molecule has 6 nitrogen and oxygen atoms in total. The molecule has 0 radical (unpaired) electrons. The molecule has 1 aliphatic heterocycles. The van der Waals surface area contributed by atoms with E-state index in [1.165, 1.54) is 12.0 Å². The lowest BCUT2D eigenvalue weighted by atomic mass is 10.1. The van der Waals surface area contributed by atoms with Crippen LogP contribution in [0.2, 0.25) is 0 Å². The second-order valence-electron chi connectivity index (χ2n) is 7.88. The summed E-state index contributed by atoms with van der Waals surface area (Å²) >= 11 is 0. The van der Waals surface area contributed by atoms with Crippen molar-refractivity contribution in [3.63, 3.8) is 0 Å². The summed E-state index contributed by atoms with van der Waals surface area (Å²) in [6.07, 6.45) is 7.32. The Morgan fingerprint density at radius 1 is 1.04 bits per heavy atom. The third-order valence-corrected chi connectivity index (χ3v) is 5.31. The molecule has 0 amide bonds. The van der Waals surface area contributed by atoms with Gasteiger partial charge in [-0.1, -0.05) is 20.8 Å². The predicted molar refractivity (Wildman–Crippen MR) is 113 cm³/mol. The number of rotatable bonds is 12. The van der Waals surface area contributed by atoms with E-state index in [0.29, 0.717) is 12.0 Å². The Kier molecular flexibility index (Phi) is 10.0. The molecule has 0 spiro atoms. The maximum absolute atomic E-state index is 5.76. The van der Waals surface area contributed by atoms with Crippen molar-refractivity contribution in [2.45, 2.75) is 58.9 Å². The topological polar surface area (TPSA) is 53.5 Å². The number of hydrogen-bond acceptors (Lipinski definition) is 6. The Balaban J connectivity index is 1.52. The van der Waals surface area contributed by atoms with Gasteiger partial charge in [0.1, 0.15) is 0 Å². The molecule has 1 atom stereocenters. The van der Waals surface area contributed by atoms with E-state index >= 15 is 0 Å². The molecule has 27 heavy (non-hydrogen) atoms. The normalized spacial score (nSPS) is 16.9. The van der Waals surface area contributed by atoms with E-state index in [2.05, 4.69) is 52.8 Å². The van der Waals surface area contributed by atoms with Crippen LogP contribution in [-0.4, -0.2) is 73.4 Å². The lowest BCUT2D eigenvalue weighted by molar-refractivity contribution is 0.117. The molecule has 1 aromatic heterocycles. The van der Waals surface area contributed by atoms with Crippen LogP contribution in [0, 0.1) is 0 Å². The van der Waals surface area contributed by atoms with E-state index in [0.717, 1.165) is 71.3 Å². The van der Waals surface area contributed by atoms with E-state index in [-0.39, 0.29) is 0 Å². The monoisotopic (exact) mass is 377 g/mol. The van der Waals surface area contributed by atoms with Gasteiger partial charge in [-0.05, 0) is 44.2 Å². The smallest absolute Gasteiger partial charge is 0.225 e. The summed E-state index contributed by atoms with van der Waals surface area (Å²) in [7, 11) is 0. The van der Waals surface area contributed by atoms with Gasteiger partial charge in [-0.15, -0.1) is 0 Å². The first-order chi connectivity index (χ1) is 13.1. The molecule has 1 saturated heterocycles. The lowest BCUT2D eigenvalue weighted by Crippen LogP contribution is -2.47. The van der Waals surface area contributed by atoms with Gasteiger partial charge >= 0.3 is 0 Å². The van der Waals surface area contributed by atoms with Crippen LogP contribution >= 0.6 is 0 Å². The molecule has 1 N–H and O–H groups in total. The van der Waals surface area contributed by atoms with Crippen molar-refractivity contribution >= 4 is 5.95 Å². The van der Waals surface area contributed by atoms with Gasteiger partial charge < -0.3 is 15.0 Å². The van der Waals surface area contributed by atoms with E-state index in [1.54, 1.807) is 0 Å². The third kappa shape index (κ3) is 8.11. The zero-order valence-corrected chi connectivity index (χ0v) is 17.8. The molecular formula is C21H39N5O. The number of nitrogens with one attached hydrogen (secondary N) is 1. The fourth-order valence-electron chi connectivity index (χ4n) is 3.12. The lowest BCUT2D eigenvalue weighted by Gasteiger charge is -2.34. The number of aromatic nitrogens is 2. The minimum absolute atomic E-state index is 0.481. The van der Waals surface area contributed by atoms with Crippen LogP contribution in [0.1, 0.15) is 58.4 Å². The van der Waals surface area contributed by atoms with E-state index < -0.39 is 0 Å². The van der Waals surface area contributed by atoms with Crippen molar-refractivity contribution in [2.24, 2.45) is 0 Å². The van der Waals surface area contributed by atoms with Crippen LogP contribution in [0.15, 0.2) is 12.4 Å². The number of ether oxygens (including phenoxy) is 1. The van der Waals surface area contributed by atoms with E-state index in [9.17, 15) is 0 Å². The summed E-state index contributed by atoms with van der Waals surface area (Å²) in [6.45, 7) is 16.8. The highest BCUT2D eigenvalue weighted by Gasteiger charge is 2.18. The fraction of sp³-hybridized carbons (Fsp3) is 0.810. The van der Waals surface area contributed by atoms with Gasteiger partial charge in [0.15, 0.2) is 0 Å². The van der Waals surface area contributed by atoms with Gasteiger partial charge in [0.05, 0.1) is 0 Å². The van der Waals surface area contributed by atoms with Crippen molar-refractivity contribution in [2.75, 3.05) is 57.4 Å². The maximum Gasteiger partial charge on any atom is 0.225 e. The van der Waals surface area contributed by atoms with Crippen LogP contribution in [0.4, 0.5) is 5.95 Å². The quantitative estimate of drug-likeness (QED) is 0.565. The molecule has 0 saturated carbocycles. The van der Waals surface area contributed by atoms with Crippen molar-refractivity contribution in [1.82, 2.24) is 20.2 Å². The molecule has 1 fully saturated rings. The highest BCUT2D eigenvalue weighted by atomic mass is 16.5. The molecule has 1 aromatic rings. The second-order valence-corrected chi connectivity index (χ2v) is 7.88. The Bertz CT molecular complexity index is 500. The standard InChI is InChI=1S/C21H39N5O/c1-5-19(4)22-8-6-14-27-15-7-9-25-10-12-26(13-11-25)21-23-16-20(17-24-21)18(2)3/h16-19,22H,5-15H2,1-4H3. The molecule has 6 heteroatoms. The van der Waals surface area contributed by atoms with Crippen LogP contribution in [0.5, 0.6) is 0 Å². The summed E-state index contributed by atoms with van der Waals surface area (Å²) in [6, 6.07) is 0.613. The molecule has 1 unspecified atom stereocenters. The van der Waals surface area contributed by atoms with Gasteiger partial charge in [-0.2, -0.15) is 0 Å². The Hall–Kier alpha value is -1.24. The number of hydrogen-bond donors (Lipinski definition) is 1. The Morgan fingerprint density at radius 3 is 2.33 bits per heavy atom. The zero-order chi connectivity index (χ0) is 19.5. The van der Waals surface area contributed by atoms with Crippen LogP contribution in [0.25, 0.3) is 0 Å². The highest BCUT2D eigenvalue weighted by Crippen LogP contribution is 2.15. The van der Waals surface area contributed by atoms with Gasteiger partial charge in [-0.3, -0.25) is 4.90 Å². The SMILES string of the molecule is CCC(C)NCCCOCCCN1CCN(c2ncc(C(C)C)cn2)CC1. The van der Waals surface area contributed by atoms with Gasteiger partial charge in [0, 0.05) is 64.4 Å². The summed E-state index contributed by atoms with van der Waals surface area (Å²) in [5.74, 6) is 1.35. The molecule has 0 aromatic carbocycles. The largest absolute Gasteiger partial charge is 0.381 e. The summed E-state index contributed by atoms with van der Waals surface area (Å²) in [4.78, 5) is 13.9. The van der Waals surface area contributed by atoms with Crippen LogP contribution < -0.4 is 10.2 Å². The van der Waals surface area contributed by atoms with E-state index in [1.807, 2.05) is 12.4 Å². The van der Waals surface area contributed by atoms with Crippen molar-refractivity contribution < 1.29 is 4.74 Å². The molecule has 154 valence electrons. The van der Waals surface area contributed by atoms with Gasteiger partial charge in [-0.25, -0.2) is 9.97 Å². The molecule has 2 heterocycles. The molecule has 1 aliphatic rings. The number of anilines is 1. The van der Waals surface area contributed by atoms with Crippen molar-refractivity contribution in [3.05, 3.63) is 18.0 Å².